The maximum absolute atomic E-state index is 12.8. The van der Waals surface area contributed by atoms with Crippen molar-refractivity contribution in [3.63, 3.8) is 0 Å². The number of likely N-dealkylation sites (tertiary alicyclic amines) is 1. The number of para-hydroxylation sites is 1. The third-order valence-corrected chi connectivity index (χ3v) is 6.09. The number of benzene rings is 2. The van der Waals surface area contributed by atoms with Gasteiger partial charge in [0.1, 0.15) is 5.75 Å². The summed E-state index contributed by atoms with van der Waals surface area (Å²) in [5.74, 6) is 2.47. The number of carbonyl (C=O) groups excluding carboxylic acids is 1. The summed E-state index contributed by atoms with van der Waals surface area (Å²) in [5, 5.41) is 1.04. The predicted molar refractivity (Wildman–Crippen MR) is 122 cm³/mol. The first kappa shape index (κ1) is 20.4. The number of rotatable bonds is 6. The van der Waals surface area contributed by atoms with Crippen LogP contribution in [0.5, 0.6) is 17.2 Å². The fourth-order valence-corrected chi connectivity index (χ4v) is 4.44. The van der Waals surface area contributed by atoms with Crippen LogP contribution in [0.2, 0.25) is 0 Å². The Morgan fingerprint density at radius 3 is 2.97 bits per heavy atom. The number of hydrogen-bond donors (Lipinski definition) is 1. The summed E-state index contributed by atoms with van der Waals surface area (Å²) in [7, 11) is 0. The number of nitrogens with two attached hydrogens (primary N) is 1. The topological polar surface area (TPSA) is 86.9 Å². The fraction of sp³-hybridized carbons (Fsp3) is 0.360. The molecule has 3 aromatic rings. The zero-order valence-corrected chi connectivity index (χ0v) is 18.0. The summed E-state index contributed by atoms with van der Waals surface area (Å²) in [6.07, 6.45) is 3.06. The molecule has 5 rings (SSSR count). The van der Waals surface area contributed by atoms with E-state index in [1.54, 1.807) is 0 Å². The van der Waals surface area contributed by atoms with E-state index in [4.69, 9.17) is 24.9 Å². The van der Waals surface area contributed by atoms with Gasteiger partial charge in [-0.05, 0) is 43.5 Å². The maximum atomic E-state index is 12.8. The molecule has 0 unspecified atom stereocenters. The molecule has 0 radical (unpaired) electrons. The summed E-state index contributed by atoms with van der Waals surface area (Å²) >= 11 is 0. The molecule has 0 spiro atoms. The molecule has 2 aliphatic rings. The molecular formula is C25H27N3O4. The van der Waals surface area contributed by atoms with Crippen molar-refractivity contribution < 1.29 is 19.0 Å². The summed E-state index contributed by atoms with van der Waals surface area (Å²) < 4.78 is 16.5. The molecule has 2 aliphatic heterocycles. The second-order valence-corrected chi connectivity index (χ2v) is 8.30. The van der Waals surface area contributed by atoms with Crippen LogP contribution in [0.3, 0.4) is 0 Å². The van der Waals surface area contributed by atoms with Crippen molar-refractivity contribution in [2.45, 2.75) is 31.6 Å². The second kappa shape index (κ2) is 8.94. The van der Waals surface area contributed by atoms with Gasteiger partial charge in [-0.25, -0.2) is 0 Å². The lowest BCUT2D eigenvalue weighted by molar-refractivity contribution is -0.132. The standard InChI is InChI=1S/C25H27N3O4/c26-20-13-17-5-1-2-7-21(17)27-25(20)18-6-3-11-28(15-18)24(29)8-4-12-30-19-9-10-22-23(14-19)32-16-31-22/h1-2,5,7,9-10,13-14,18H,3-4,6,8,11-12,15-16,26H2/t18-/m0/s1. The van der Waals surface area contributed by atoms with Crippen LogP contribution in [-0.2, 0) is 4.79 Å². The highest BCUT2D eigenvalue weighted by molar-refractivity contribution is 5.82. The Bertz CT molecular complexity index is 1130. The molecule has 1 amide bonds. The van der Waals surface area contributed by atoms with E-state index in [9.17, 15) is 4.79 Å². The minimum atomic E-state index is 0.156. The predicted octanol–water partition coefficient (Wildman–Crippen LogP) is 4.11. The number of ether oxygens (including phenoxy) is 3. The van der Waals surface area contributed by atoms with E-state index in [2.05, 4.69) is 0 Å². The highest BCUT2D eigenvalue weighted by Crippen LogP contribution is 2.35. The normalized spacial score (nSPS) is 17.5. The number of aromatic nitrogens is 1. The lowest BCUT2D eigenvalue weighted by atomic mass is 9.92. The number of amides is 1. The number of hydrogen-bond acceptors (Lipinski definition) is 6. The van der Waals surface area contributed by atoms with E-state index in [-0.39, 0.29) is 18.6 Å². The van der Waals surface area contributed by atoms with Gasteiger partial charge in [-0.1, -0.05) is 18.2 Å². The Balaban J connectivity index is 1.15. The van der Waals surface area contributed by atoms with E-state index in [0.717, 1.165) is 47.5 Å². The van der Waals surface area contributed by atoms with Gasteiger partial charge in [-0.3, -0.25) is 9.78 Å². The lowest BCUT2D eigenvalue weighted by Crippen LogP contribution is -2.39. The van der Waals surface area contributed by atoms with Crippen molar-refractivity contribution in [2.24, 2.45) is 0 Å². The highest BCUT2D eigenvalue weighted by atomic mass is 16.7. The molecule has 1 saturated heterocycles. The highest BCUT2D eigenvalue weighted by Gasteiger charge is 2.27. The second-order valence-electron chi connectivity index (χ2n) is 8.30. The van der Waals surface area contributed by atoms with Gasteiger partial charge >= 0.3 is 0 Å². The van der Waals surface area contributed by atoms with Gasteiger partial charge in [0.25, 0.3) is 0 Å². The maximum Gasteiger partial charge on any atom is 0.231 e. The first-order valence-corrected chi connectivity index (χ1v) is 11.1. The Morgan fingerprint density at radius 2 is 2.03 bits per heavy atom. The molecule has 1 fully saturated rings. The number of nitrogen functional groups attached to an aromatic ring is 1. The average molecular weight is 434 g/mol. The Hall–Kier alpha value is -3.48. The first-order valence-electron chi connectivity index (χ1n) is 11.1. The number of fused-ring (bicyclic) bond motifs is 2. The summed E-state index contributed by atoms with van der Waals surface area (Å²) in [6.45, 7) is 2.16. The van der Waals surface area contributed by atoms with Crippen LogP contribution in [0.4, 0.5) is 5.69 Å². The number of nitrogens with zero attached hydrogens (tertiary/aromatic N) is 2. The smallest absolute Gasteiger partial charge is 0.231 e. The molecule has 1 atom stereocenters. The average Bonchev–Trinajstić information content (AvgIpc) is 3.29. The van der Waals surface area contributed by atoms with Crippen molar-refractivity contribution in [1.82, 2.24) is 9.88 Å². The molecule has 32 heavy (non-hydrogen) atoms. The SMILES string of the molecule is Nc1cc2ccccc2nc1[C@H]1CCCN(C(=O)CCCOc2ccc3c(c2)OCO3)C1. The van der Waals surface area contributed by atoms with Crippen molar-refractivity contribution >= 4 is 22.5 Å². The summed E-state index contributed by atoms with van der Waals surface area (Å²) in [4.78, 5) is 19.6. The van der Waals surface area contributed by atoms with Gasteiger partial charge in [-0.15, -0.1) is 0 Å². The van der Waals surface area contributed by atoms with Crippen LogP contribution in [0.15, 0.2) is 48.5 Å². The molecule has 166 valence electrons. The van der Waals surface area contributed by atoms with E-state index >= 15 is 0 Å². The van der Waals surface area contributed by atoms with E-state index < -0.39 is 0 Å². The first-order chi connectivity index (χ1) is 15.7. The van der Waals surface area contributed by atoms with Crippen molar-refractivity contribution in [2.75, 3.05) is 32.2 Å². The van der Waals surface area contributed by atoms with Gasteiger partial charge < -0.3 is 24.8 Å². The minimum absolute atomic E-state index is 0.156. The number of carbonyl (C=O) groups is 1. The Labute approximate surface area is 187 Å². The van der Waals surface area contributed by atoms with Crippen LogP contribution in [0.25, 0.3) is 10.9 Å². The zero-order chi connectivity index (χ0) is 21.9. The van der Waals surface area contributed by atoms with Gasteiger partial charge in [0, 0.05) is 36.9 Å². The van der Waals surface area contributed by atoms with Gasteiger partial charge in [0.2, 0.25) is 12.7 Å². The van der Waals surface area contributed by atoms with E-state index in [1.165, 1.54) is 0 Å². The van der Waals surface area contributed by atoms with Gasteiger partial charge in [0.05, 0.1) is 23.5 Å². The van der Waals surface area contributed by atoms with Crippen molar-refractivity contribution in [1.29, 1.82) is 0 Å². The minimum Gasteiger partial charge on any atom is -0.493 e. The van der Waals surface area contributed by atoms with E-state index in [0.29, 0.717) is 37.4 Å². The molecule has 0 saturated carbocycles. The van der Waals surface area contributed by atoms with Gasteiger partial charge in [-0.2, -0.15) is 0 Å². The number of pyridine rings is 1. The van der Waals surface area contributed by atoms with Crippen LogP contribution in [0, 0.1) is 0 Å². The molecule has 7 nitrogen and oxygen atoms in total. The quantitative estimate of drug-likeness (QED) is 0.589. The molecule has 3 heterocycles. The third-order valence-electron chi connectivity index (χ3n) is 6.09. The van der Waals surface area contributed by atoms with E-state index in [1.807, 2.05) is 53.4 Å². The van der Waals surface area contributed by atoms with Crippen LogP contribution >= 0.6 is 0 Å². The lowest BCUT2D eigenvalue weighted by Gasteiger charge is -2.33. The number of anilines is 1. The fourth-order valence-electron chi connectivity index (χ4n) is 4.44. The van der Waals surface area contributed by atoms with Gasteiger partial charge in [0.15, 0.2) is 11.5 Å². The molecular weight excluding hydrogens is 406 g/mol. The zero-order valence-electron chi connectivity index (χ0n) is 18.0. The Morgan fingerprint density at radius 1 is 1.16 bits per heavy atom. The van der Waals surface area contributed by atoms with Crippen LogP contribution in [0.1, 0.15) is 37.3 Å². The number of piperidine rings is 1. The molecule has 2 N–H and O–H groups in total. The van der Waals surface area contributed by atoms with Crippen LogP contribution in [-0.4, -0.2) is 42.3 Å². The molecule has 2 aromatic carbocycles. The monoisotopic (exact) mass is 433 g/mol. The molecule has 1 aromatic heterocycles. The molecule has 7 heteroatoms. The largest absolute Gasteiger partial charge is 0.493 e. The van der Waals surface area contributed by atoms with Crippen LogP contribution < -0.4 is 19.9 Å². The third kappa shape index (κ3) is 4.28. The van der Waals surface area contributed by atoms with Crippen molar-refractivity contribution in [3.8, 4) is 17.2 Å². The molecule has 0 aliphatic carbocycles. The Kier molecular flexibility index (Phi) is 5.71. The van der Waals surface area contributed by atoms with Crippen molar-refractivity contribution in [3.05, 3.63) is 54.2 Å². The molecule has 0 bridgehead atoms. The summed E-state index contributed by atoms with van der Waals surface area (Å²) in [6, 6.07) is 15.5. The summed E-state index contributed by atoms with van der Waals surface area (Å²) in [5.41, 5.74) is 8.89.